The lowest BCUT2D eigenvalue weighted by molar-refractivity contribution is 0.145. The normalized spacial score (nSPS) is 11.4. The molecule has 3 N–H and O–H groups in total. The van der Waals surface area contributed by atoms with Crippen molar-refractivity contribution in [2.45, 2.75) is 26.6 Å². The molecule has 0 bridgehead atoms. The summed E-state index contributed by atoms with van der Waals surface area (Å²) in [5, 5.41) is 15.6. The maximum absolute atomic E-state index is 13.5. The summed E-state index contributed by atoms with van der Waals surface area (Å²) in [4.78, 5) is 4.21. The molecule has 7 heteroatoms. The number of aliphatic hydroxyl groups excluding tert-OH is 1. The van der Waals surface area contributed by atoms with Crippen LogP contribution in [0.4, 0.5) is 4.39 Å². The van der Waals surface area contributed by atoms with Crippen LogP contribution in [0.3, 0.4) is 0 Å². The van der Waals surface area contributed by atoms with Crippen LogP contribution >= 0.6 is 0 Å². The van der Waals surface area contributed by atoms with Gasteiger partial charge in [-0.2, -0.15) is 0 Å². The Labute approximate surface area is 165 Å². The maximum atomic E-state index is 13.5. The van der Waals surface area contributed by atoms with E-state index in [1.165, 1.54) is 6.07 Å². The Bertz CT molecular complexity index is 796. The van der Waals surface area contributed by atoms with E-state index in [1.54, 1.807) is 26.3 Å². The van der Waals surface area contributed by atoms with Gasteiger partial charge in [0.25, 0.3) is 0 Å². The first kappa shape index (κ1) is 21.7. The summed E-state index contributed by atoms with van der Waals surface area (Å²) in [6, 6.07) is 10.7. The van der Waals surface area contributed by atoms with Gasteiger partial charge in [-0.05, 0) is 36.2 Å². The SMILES string of the molecule is CN=C(NCc1ccc(F)c(CO)c1)NCc1ccc(C)cc1OCCOC. The van der Waals surface area contributed by atoms with Crippen LogP contribution in [0, 0.1) is 12.7 Å². The number of nitrogens with zero attached hydrogens (tertiary/aromatic N) is 1. The van der Waals surface area contributed by atoms with Crippen molar-refractivity contribution in [2.75, 3.05) is 27.4 Å². The van der Waals surface area contributed by atoms with E-state index in [1.807, 2.05) is 25.1 Å². The molecule has 0 unspecified atom stereocenters. The van der Waals surface area contributed by atoms with Crippen LogP contribution < -0.4 is 15.4 Å². The fourth-order valence-corrected chi connectivity index (χ4v) is 2.62. The Morgan fingerprint density at radius 2 is 1.86 bits per heavy atom. The highest BCUT2D eigenvalue weighted by Gasteiger charge is 2.07. The third-order valence-electron chi connectivity index (χ3n) is 4.18. The largest absolute Gasteiger partial charge is 0.491 e. The molecular weight excluding hydrogens is 361 g/mol. The number of ether oxygens (including phenoxy) is 2. The number of aliphatic hydroxyl groups is 1. The summed E-state index contributed by atoms with van der Waals surface area (Å²) >= 11 is 0. The molecule has 0 aromatic heterocycles. The first-order valence-electron chi connectivity index (χ1n) is 9.11. The number of halogens is 1. The predicted molar refractivity (Wildman–Crippen MR) is 108 cm³/mol. The maximum Gasteiger partial charge on any atom is 0.191 e. The van der Waals surface area contributed by atoms with Crippen molar-refractivity contribution < 1.29 is 19.0 Å². The zero-order valence-corrected chi connectivity index (χ0v) is 16.6. The van der Waals surface area contributed by atoms with Gasteiger partial charge in [0.05, 0.1) is 13.2 Å². The minimum absolute atomic E-state index is 0.278. The molecular formula is C21H28FN3O3. The van der Waals surface area contributed by atoms with Crippen LogP contribution in [0.1, 0.15) is 22.3 Å². The Morgan fingerprint density at radius 1 is 1.07 bits per heavy atom. The van der Waals surface area contributed by atoms with Crippen molar-refractivity contribution >= 4 is 5.96 Å². The molecule has 2 aromatic rings. The Hall–Kier alpha value is -2.64. The van der Waals surface area contributed by atoms with Gasteiger partial charge >= 0.3 is 0 Å². The Kier molecular flexibility index (Phi) is 8.71. The molecule has 0 aliphatic heterocycles. The third-order valence-corrected chi connectivity index (χ3v) is 4.18. The predicted octanol–water partition coefficient (Wildman–Crippen LogP) is 2.52. The van der Waals surface area contributed by atoms with Gasteiger partial charge in [0.2, 0.25) is 0 Å². The van der Waals surface area contributed by atoms with Crippen LogP contribution in [0.15, 0.2) is 41.4 Å². The second-order valence-corrected chi connectivity index (χ2v) is 6.32. The number of aliphatic imine (C=N–C) groups is 1. The molecule has 0 atom stereocenters. The Balaban J connectivity index is 1.95. The molecule has 0 spiro atoms. The highest BCUT2D eigenvalue weighted by molar-refractivity contribution is 5.79. The molecule has 0 saturated heterocycles. The standard InChI is InChI=1S/C21H28FN3O3/c1-15-4-6-17(20(10-15)28-9-8-27-3)13-25-21(23-2)24-12-16-5-7-19(22)18(11-16)14-26/h4-7,10-11,26H,8-9,12-14H2,1-3H3,(H2,23,24,25). The molecule has 28 heavy (non-hydrogen) atoms. The quantitative estimate of drug-likeness (QED) is 0.349. The zero-order chi connectivity index (χ0) is 20.4. The van der Waals surface area contributed by atoms with Crippen LogP contribution in [-0.4, -0.2) is 38.4 Å². The van der Waals surface area contributed by atoms with Crippen LogP contribution in [0.5, 0.6) is 5.75 Å². The van der Waals surface area contributed by atoms with E-state index in [4.69, 9.17) is 9.47 Å². The number of hydrogen-bond acceptors (Lipinski definition) is 4. The fourth-order valence-electron chi connectivity index (χ4n) is 2.62. The lowest BCUT2D eigenvalue weighted by Gasteiger charge is -2.15. The summed E-state index contributed by atoms with van der Waals surface area (Å²) in [5.41, 5.74) is 3.26. The van der Waals surface area contributed by atoms with Gasteiger partial charge in [-0.3, -0.25) is 4.99 Å². The number of nitrogens with one attached hydrogen (secondary N) is 2. The van der Waals surface area contributed by atoms with Crippen LogP contribution in [0.25, 0.3) is 0 Å². The average molecular weight is 389 g/mol. The van der Waals surface area contributed by atoms with Crippen molar-refractivity contribution in [3.63, 3.8) is 0 Å². The highest BCUT2D eigenvalue weighted by Crippen LogP contribution is 2.20. The van der Waals surface area contributed by atoms with Crippen molar-refractivity contribution in [2.24, 2.45) is 4.99 Å². The number of aryl methyl sites for hydroxylation is 1. The van der Waals surface area contributed by atoms with E-state index >= 15 is 0 Å². The van der Waals surface area contributed by atoms with E-state index in [2.05, 4.69) is 15.6 Å². The van der Waals surface area contributed by atoms with Crippen LogP contribution in [0.2, 0.25) is 0 Å². The molecule has 2 aromatic carbocycles. The molecule has 0 radical (unpaired) electrons. The summed E-state index contributed by atoms with van der Waals surface area (Å²) in [7, 11) is 3.33. The van der Waals surface area contributed by atoms with E-state index in [0.717, 1.165) is 22.4 Å². The second-order valence-electron chi connectivity index (χ2n) is 6.32. The lowest BCUT2D eigenvalue weighted by Crippen LogP contribution is -2.36. The van der Waals surface area contributed by atoms with Gasteiger partial charge < -0.3 is 25.2 Å². The summed E-state index contributed by atoms with van der Waals surface area (Å²) in [5.74, 6) is 1.01. The number of guanidine groups is 1. The highest BCUT2D eigenvalue weighted by atomic mass is 19.1. The van der Waals surface area contributed by atoms with Gasteiger partial charge in [-0.1, -0.05) is 18.2 Å². The fraction of sp³-hybridized carbons (Fsp3) is 0.381. The van der Waals surface area contributed by atoms with E-state index < -0.39 is 5.82 Å². The van der Waals surface area contributed by atoms with Gasteiger partial charge in [-0.15, -0.1) is 0 Å². The summed E-state index contributed by atoms with van der Waals surface area (Å²) in [6.45, 7) is 3.69. The molecule has 0 fully saturated rings. The molecule has 152 valence electrons. The van der Waals surface area contributed by atoms with Crippen molar-refractivity contribution in [1.29, 1.82) is 0 Å². The number of hydrogen-bond donors (Lipinski definition) is 3. The number of benzene rings is 2. The first-order valence-corrected chi connectivity index (χ1v) is 9.11. The van der Waals surface area contributed by atoms with Crippen molar-refractivity contribution in [1.82, 2.24) is 10.6 Å². The molecule has 0 amide bonds. The Morgan fingerprint density at radius 3 is 2.57 bits per heavy atom. The van der Waals surface area contributed by atoms with Gasteiger partial charge in [-0.25, -0.2) is 4.39 Å². The molecule has 0 aliphatic carbocycles. The van der Waals surface area contributed by atoms with E-state index in [-0.39, 0.29) is 12.2 Å². The molecule has 0 heterocycles. The number of rotatable bonds is 9. The minimum Gasteiger partial charge on any atom is -0.491 e. The van der Waals surface area contributed by atoms with Gasteiger partial charge in [0, 0.05) is 38.4 Å². The first-order chi connectivity index (χ1) is 13.6. The third kappa shape index (κ3) is 6.51. The molecule has 0 aliphatic rings. The van der Waals surface area contributed by atoms with E-state index in [0.29, 0.717) is 32.3 Å². The van der Waals surface area contributed by atoms with E-state index in [9.17, 15) is 9.50 Å². The molecule has 2 rings (SSSR count). The van der Waals surface area contributed by atoms with Crippen LogP contribution in [-0.2, 0) is 24.4 Å². The smallest absolute Gasteiger partial charge is 0.191 e. The minimum atomic E-state index is -0.408. The van der Waals surface area contributed by atoms with Crippen molar-refractivity contribution in [3.8, 4) is 5.75 Å². The number of methoxy groups -OCH3 is 1. The summed E-state index contributed by atoms with van der Waals surface area (Å²) in [6.07, 6.45) is 0. The zero-order valence-electron chi connectivity index (χ0n) is 16.6. The summed E-state index contributed by atoms with van der Waals surface area (Å²) < 4.78 is 24.3. The average Bonchev–Trinajstić information content (AvgIpc) is 2.70. The molecule has 0 saturated carbocycles. The van der Waals surface area contributed by atoms with Gasteiger partial charge in [0.15, 0.2) is 5.96 Å². The topological polar surface area (TPSA) is 75.1 Å². The van der Waals surface area contributed by atoms with Crippen molar-refractivity contribution in [3.05, 3.63) is 64.5 Å². The lowest BCUT2D eigenvalue weighted by atomic mass is 10.1. The second kappa shape index (κ2) is 11.3. The van der Waals surface area contributed by atoms with Gasteiger partial charge in [0.1, 0.15) is 18.2 Å². The monoisotopic (exact) mass is 389 g/mol. The molecule has 6 nitrogen and oxygen atoms in total.